The Morgan fingerprint density at radius 3 is 2.44 bits per heavy atom. The molecular weight excluding hydrogens is 554 g/mol. The normalized spacial score (nSPS) is 11.4. The zero-order valence-electron chi connectivity index (χ0n) is 22.1. The third kappa shape index (κ3) is 6.62. The highest BCUT2D eigenvalue weighted by Crippen LogP contribution is 2.35. The van der Waals surface area contributed by atoms with Crippen LogP contribution in [0.3, 0.4) is 0 Å². The second-order valence-electron chi connectivity index (χ2n) is 9.31. The molecule has 0 saturated carbocycles. The van der Waals surface area contributed by atoms with Crippen LogP contribution in [0, 0.1) is 29.9 Å². The van der Waals surface area contributed by atoms with Crippen molar-refractivity contribution in [2.75, 3.05) is 10.6 Å². The molecule has 208 valence electrons. The van der Waals surface area contributed by atoms with Gasteiger partial charge in [0.25, 0.3) is 11.8 Å². The minimum Gasteiger partial charge on any atom is -0.314 e. The number of nitrogens with one attached hydrogen (secondary N) is 2. The van der Waals surface area contributed by atoms with Crippen LogP contribution in [0.4, 0.5) is 20.4 Å². The van der Waals surface area contributed by atoms with Crippen LogP contribution in [0.5, 0.6) is 0 Å². The fourth-order valence-electron chi connectivity index (χ4n) is 4.30. The first-order chi connectivity index (χ1) is 19.5. The largest absolute Gasteiger partial charge is 0.314 e. The van der Waals surface area contributed by atoms with Crippen LogP contribution in [0.2, 0.25) is 5.02 Å². The second kappa shape index (κ2) is 12.1. The number of pyridine rings is 1. The predicted molar refractivity (Wildman–Crippen MR) is 148 cm³/mol. The number of nitrogens with zero attached hydrogens (tertiary/aromatic N) is 4. The highest BCUT2D eigenvalue weighted by molar-refractivity contribution is 6.31. The second-order valence-corrected chi connectivity index (χ2v) is 9.72. The number of benzene rings is 2. The molecule has 0 aliphatic carbocycles. The van der Waals surface area contributed by atoms with E-state index in [4.69, 9.17) is 16.9 Å². The summed E-state index contributed by atoms with van der Waals surface area (Å²) in [5.41, 5.74) is 1.29. The highest BCUT2D eigenvalue weighted by atomic mass is 35.5. The van der Waals surface area contributed by atoms with Gasteiger partial charge in [0.1, 0.15) is 29.3 Å². The van der Waals surface area contributed by atoms with Gasteiger partial charge in [-0.3, -0.25) is 14.4 Å². The van der Waals surface area contributed by atoms with Crippen molar-refractivity contribution in [1.82, 2.24) is 14.5 Å². The Morgan fingerprint density at radius 2 is 1.80 bits per heavy atom. The number of ketones is 1. The van der Waals surface area contributed by atoms with Crippen molar-refractivity contribution in [3.8, 4) is 6.07 Å². The van der Waals surface area contributed by atoms with E-state index in [0.29, 0.717) is 11.1 Å². The van der Waals surface area contributed by atoms with E-state index in [1.807, 2.05) is 6.07 Å². The molecule has 4 aromatic rings. The van der Waals surface area contributed by atoms with Crippen LogP contribution in [-0.4, -0.2) is 32.1 Å². The average molecular weight is 577 g/mol. The average Bonchev–Trinajstić information content (AvgIpc) is 3.26. The van der Waals surface area contributed by atoms with Gasteiger partial charge in [-0.05, 0) is 73.5 Å². The van der Waals surface area contributed by atoms with Gasteiger partial charge in [0.2, 0.25) is 5.82 Å². The fourth-order valence-corrected chi connectivity index (χ4v) is 4.58. The van der Waals surface area contributed by atoms with Crippen molar-refractivity contribution in [3.05, 3.63) is 105 Å². The van der Waals surface area contributed by atoms with E-state index in [9.17, 15) is 23.2 Å². The number of aryl methyl sites for hydroxylation is 1. The number of halogens is 3. The number of carbonyl (C=O) groups excluding carboxylic acids is 3. The lowest BCUT2D eigenvalue weighted by atomic mass is 9.96. The smallest absolute Gasteiger partial charge is 0.292 e. The standard InChI is InChI=1S/C29H23ClF2N6O3/c1-15-8-19(10-21(32)9-15)28(40)37-26-25(17(3)22-11-20(31)5-6-23(22)30)38(14-16(2)39)27(36-26)29(41)35-24-7-4-18(12-33)13-34-24/h4-11,13,17H,14H2,1-3H3,(H,37,40)(H,34,35,41)/t17-/m0/s1. The molecule has 2 heterocycles. The number of Topliss-reactive ketones (excluding diaryl/α,β-unsaturated/α-hetero) is 1. The number of hydrogen-bond donors (Lipinski definition) is 2. The molecule has 9 nitrogen and oxygen atoms in total. The molecule has 0 aliphatic rings. The molecule has 0 spiro atoms. The van der Waals surface area contributed by atoms with Gasteiger partial charge in [-0.15, -0.1) is 0 Å². The van der Waals surface area contributed by atoms with Crippen LogP contribution in [0.1, 0.15) is 63.1 Å². The molecular formula is C29H23ClF2N6O3. The van der Waals surface area contributed by atoms with Gasteiger partial charge in [-0.25, -0.2) is 18.7 Å². The molecule has 2 aromatic carbocycles. The van der Waals surface area contributed by atoms with Crippen molar-refractivity contribution in [3.63, 3.8) is 0 Å². The Bertz CT molecular complexity index is 1690. The summed E-state index contributed by atoms with van der Waals surface area (Å²) in [5.74, 6) is -4.06. The van der Waals surface area contributed by atoms with Gasteiger partial charge >= 0.3 is 0 Å². The monoisotopic (exact) mass is 576 g/mol. The van der Waals surface area contributed by atoms with Crippen LogP contribution < -0.4 is 10.6 Å². The number of carbonyl (C=O) groups is 3. The third-order valence-corrected chi connectivity index (χ3v) is 6.44. The van der Waals surface area contributed by atoms with E-state index in [2.05, 4.69) is 20.6 Å². The molecule has 4 rings (SSSR count). The van der Waals surface area contributed by atoms with Gasteiger partial charge in [0.15, 0.2) is 5.82 Å². The number of nitriles is 1. The van der Waals surface area contributed by atoms with Crippen molar-refractivity contribution in [2.45, 2.75) is 33.2 Å². The fraction of sp³-hybridized carbons (Fsp3) is 0.172. The first-order valence-electron chi connectivity index (χ1n) is 12.3. The van der Waals surface area contributed by atoms with E-state index in [1.54, 1.807) is 13.8 Å². The molecule has 41 heavy (non-hydrogen) atoms. The lowest BCUT2D eigenvalue weighted by Crippen LogP contribution is -2.22. The first kappa shape index (κ1) is 29.0. The zero-order chi connectivity index (χ0) is 29.8. The van der Waals surface area contributed by atoms with Crippen molar-refractivity contribution >= 4 is 40.8 Å². The van der Waals surface area contributed by atoms with Crippen molar-refractivity contribution in [1.29, 1.82) is 5.26 Å². The van der Waals surface area contributed by atoms with E-state index in [-0.39, 0.29) is 51.6 Å². The van der Waals surface area contributed by atoms with Crippen LogP contribution in [0.15, 0.2) is 54.7 Å². The Morgan fingerprint density at radius 1 is 1.05 bits per heavy atom. The lowest BCUT2D eigenvalue weighted by Gasteiger charge is -2.19. The summed E-state index contributed by atoms with van der Waals surface area (Å²) in [7, 11) is 0. The number of aromatic nitrogens is 3. The maximum absolute atomic E-state index is 14.2. The number of imidazole rings is 1. The molecule has 2 N–H and O–H groups in total. The van der Waals surface area contributed by atoms with Crippen molar-refractivity contribution < 1.29 is 23.2 Å². The van der Waals surface area contributed by atoms with Gasteiger partial charge in [-0.2, -0.15) is 5.26 Å². The minimum absolute atomic E-state index is 0.00112. The molecule has 2 amide bonds. The van der Waals surface area contributed by atoms with Crippen LogP contribution in [0.25, 0.3) is 0 Å². The maximum atomic E-state index is 14.2. The summed E-state index contributed by atoms with van der Waals surface area (Å²) in [6, 6.07) is 12.3. The van der Waals surface area contributed by atoms with Crippen molar-refractivity contribution in [2.24, 2.45) is 0 Å². The maximum Gasteiger partial charge on any atom is 0.292 e. The molecule has 0 saturated heterocycles. The topological polar surface area (TPSA) is 130 Å². The Hall–Kier alpha value is -4.95. The molecule has 1 atom stereocenters. The van der Waals surface area contributed by atoms with Gasteiger partial charge < -0.3 is 15.2 Å². The van der Waals surface area contributed by atoms with Gasteiger partial charge in [0.05, 0.1) is 17.8 Å². The van der Waals surface area contributed by atoms with Crippen LogP contribution in [-0.2, 0) is 11.3 Å². The number of anilines is 2. The molecule has 0 bridgehead atoms. The molecule has 0 unspecified atom stereocenters. The first-order valence-corrected chi connectivity index (χ1v) is 12.7. The Labute approximate surface area is 238 Å². The summed E-state index contributed by atoms with van der Waals surface area (Å²) in [4.78, 5) is 47.3. The van der Waals surface area contributed by atoms with Crippen LogP contribution >= 0.6 is 11.6 Å². The number of amides is 2. The highest BCUT2D eigenvalue weighted by Gasteiger charge is 2.29. The predicted octanol–water partition coefficient (Wildman–Crippen LogP) is 5.64. The molecule has 12 heteroatoms. The zero-order valence-corrected chi connectivity index (χ0v) is 22.9. The van der Waals surface area contributed by atoms with E-state index in [1.165, 1.54) is 60.2 Å². The Kier molecular flexibility index (Phi) is 8.54. The quantitative estimate of drug-likeness (QED) is 0.279. The summed E-state index contributed by atoms with van der Waals surface area (Å²) in [5, 5.41) is 14.4. The van der Waals surface area contributed by atoms with E-state index < -0.39 is 29.4 Å². The summed E-state index contributed by atoms with van der Waals surface area (Å²) >= 11 is 6.39. The summed E-state index contributed by atoms with van der Waals surface area (Å²) < 4.78 is 29.6. The third-order valence-electron chi connectivity index (χ3n) is 6.10. The van der Waals surface area contributed by atoms with E-state index in [0.717, 1.165) is 6.07 Å². The molecule has 0 aliphatic heterocycles. The number of hydrogen-bond acceptors (Lipinski definition) is 6. The molecule has 0 fully saturated rings. The summed E-state index contributed by atoms with van der Waals surface area (Å²) in [6.45, 7) is 4.26. The number of rotatable bonds is 8. The SMILES string of the molecule is CC(=O)Cn1c(C(=O)Nc2ccc(C#N)cn2)nc(NC(=O)c2cc(C)cc(F)c2)c1[C@@H](C)c1cc(F)ccc1Cl. The van der Waals surface area contributed by atoms with Gasteiger partial charge in [-0.1, -0.05) is 18.5 Å². The Balaban J connectivity index is 1.86. The lowest BCUT2D eigenvalue weighted by molar-refractivity contribution is -0.117. The molecule has 2 aromatic heterocycles. The van der Waals surface area contributed by atoms with Gasteiger partial charge in [0, 0.05) is 22.7 Å². The minimum atomic E-state index is -0.774. The summed E-state index contributed by atoms with van der Waals surface area (Å²) in [6.07, 6.45) is 1.27. The molecule has 0 radical (unpaired) electrons. The van der Waals surface area contributed by atoms with E-state index >= 15 is 0 Å².